The zero-order valence-electron chi connectivity index (χ0n) is 26.9. The van der Waals surface area contributed by atoms with Gasteiger partial charge in [0.05, 0.1) is 0 Å². The minimum absolute atomic E-state index is 0.360. The van der Waals surface area contributed by atoms with E-state index in [9.17, 15) is 0 Å². The summed E-state index contributed by atoms with van der Waals surface area (Å²) < 4.78 is 15.9. The number of para-hydroxylation sites is 1. The summed E-state index contributed by atoms with van der Waals surface area (Å²) in [6, 6.07) is 51.1. The smallest absolute Gasteiger partial charge is 0.231 e. The highest BCUT2D eigenvalue weighted by Gasteiger charge is 2.11. The Morgan fingerprint density at radius 3 is 1.58 bits per heavy atom. The van der Waals surface area contributed by atoms with Crippen LogP contribution in [0, 0.1) is 34.6 Å². The summed E-state index contributed by atoms with van der Waals surface area (Å²) >= 11 is 0. The van der Waals surface area contributed by atoms with Gasteiger partial charge in [-0.25, -0.2) is 0 Å². The summed E-state index contributed by atoms with van der Waals surface area (Å²) in [5.41, 5.74) is 9.02. The molecule has 0 spiro atoms. The Morgan fingerprint density at radius 1 is 0.422 bits per heavy atom. The van der Waals surface area contributed by atoms with E-state index in [1.165, 1.54) is 38.9 Å². The van der Waals surface area contributed by atoms with E-state index in [0.29, 0.717) is 6.79 Å². The van der Waals surface area contributed by atoms with Crippen LogP contribution in [0.1, 0.15) is 27.8 Å². The lowest BCUT2D eigenvalue weighted by Gasteiger charge is -2.05. The minimum atomic E-state index is 0.360. The average molecular weight is 595 g/mol. The Kier molecular flexibility index (Phi) is 12.4. The van der Waals surface area contributed by atoms with Crippen LogP contribution in [-0.2, 0) is 0 Å². The first-order valence-electron chi connectivity index (χ1n) is 15.2. The maximum Gasteiger partial charge on any atom is 0.231 e. The topological polar surface area (TPSA) is 27.7 Å². The molecular formula is C42H42O3. The molecule has 0 saturated carbocycles. The third-order valence-corrected chi connectivity index (χ3v) is 6.90. The predicted octanol–water partition coefficient (Wildman–Crippen LogP) is 11.5. The molecule has 6 aromatic carbocycles. The lowest BCUT2D eigenvalue weighted by molar-refractivity contribution is 0.174. The number of hydrogen-bond acceptors (Lipinski definition) is 3. The minimum Gasteiger partial charge on any atom is -0.457 e. The Morgan fingerprint density at radius 2 is 0.956 bits per heavy atom. The highest BCUT2D eigenvalue weighted by molar-refractivity contribution is 5.66. The molecule has 0 radical (unpaired) electrons. The van der Waals surface area contributed by atoms with E-state index >= 15 is 0 Å². The van der Waals surface area contributed by atoms with Gasteiger partial charge in [-0.15, -0.1) is 0 Å². The van der Waals surface area contributed by atoms with Crippen molar-refractivity contribution in [3.8, 4) is 34.1 Å². The Labute approximate surface area is 268 Å². The van der Waals surface area contributed by atoms with E-state index < -0.39 is 0 Å². The SMILES string of the molecule is Cc1ccc2c(c1)OCO2.Cc1cccc(C)c1.Cc1cccc(Oc2ccccc2)c1.Cc1ccccc1-c1ccccc1. The van der Waals surface area contributed by atoms with Gasteiger partial charge < -0.3 is 14.2 Å². The molecule has 0 unspecified atom stereocenters. The van der Waals surface area contributed by atoms with Gasteiger partial charge in [0.2, 0.25) is 6.79 Å². The van der Waals surface area contributed by atoms with Crippen LogP contribution in [0.4, 0.5) is 0 Å². The van der Waals surface area contributed by atoms with Gasteiger partial charge in [0, 0.05) is 0 Å². The van der Waals surface area contributed by atoms with Crippen LogP contribution in [0.25, 0.3) is 11.1 Å². The molecule has 6 aromatic rings. The largest absolute Gasteiger partial charge is 0.457 e. The number of benzene rings is 6. The molecule has 0 amide bonds. The molecule has 3 nitrogen and oxygen atoms in total. The molecule has 3 heteroatoms. The zero-order chi connectivity index (χ0) is 31.9. The number of fused-ring (bicyclic) bond motifs is 1. The van der Waals surface area contributed by atoms with Gasteiger partial charge in [-0.1, -0.05) is 126 Å². The predicted molar refractivity (Wildman–Crippen MR) is 188 cm³/mol. The van der Waals surface area contributed by atoms with Gasteiger partial charge >= 0.3 is 0 Å². The summed E-state index contributed by atoms with van der Waals surface area (Å²) in [6.45, 7) is 10.8. The average Bonchev–Trinajstić information content (AvgIpc) is 3.51. The first-order chi connectivity index (χ1) is 21.9. The van der Waals surface area contributed by atoms with Crippen LogP contribution in [0.3, 0.4) is 0 Å². The summed E-state index contributed by atoms with van der Waals surface area (Å²) in [6.07, 6.45) is 0. The Hall–Kier alpha value is -5.28. The highest BCUT2D eigenvalue weighted by Crippen LogP contribution is 2.32. The fraction of sp³-hybridized carbons (Fsp3) is 0.143. The van der Waals surface area contributed by atoms with Crippen molar-refractivity contribution >= 4 is 0 Å². The molecule has 0 atom stereocenters. The van der Waals surface area contributed by atoms with Crippen molar-refractivity contribution in [2.45, 2.75) is 34.6 Å². The maximum absolute atomic E-state index is 5.66. The Bertz CT molecular complexity index is 1730. The zero-order valence-corrected chi connectivity index (χ0v) is 26.9. The molecule has 1 aliphatic heterocycles. The van der Waals surface area contributed by atoms with Gasteiger partial charge in [-0.05, 0) is 98.8 Å². The number of aryl methyl sites for hydroxylation is 5. The highest BCUT2D eigenvalue weighted by atomic mass is 16.7. The number of ether oxygens (including phenoxy) is 3. The molecule has 0 fully saturated rings. The third-order valence-electron chi connectivity index (χ3n) is 6.90. The summed E-state index contributed by atoms with van der Waals surface area (Å²) in [5, 5.41) is 0. The monoisotopic (exact) mass is 594 g/mol. The van der Waals surface area contributed by atoms with Crippen LogP contribution in [0.15, 0.2) is 152 Å². The second kappa shape index (κ2) is 17.1. The molecule has 45 heavy (non-hydrogen) atoms. The maximum atomic E-state index is 5.66. The van der Waals surface area contributed by atoms with Crippen molar-refractivity contribution in [2.24, 2.45) is 0 Å². The second-order valence-electron chi connectivity index (χ2n) is 10.9. The first-order valence-corrected chi connectivity index (χ1v) is 15.2. The lowest BCUT2D eigenvalue weighted by atomic mass is 10.0. The lowest BCUT2D eigenvalue weighted by Crippen LogP contribution is -1.92. The first kappa shape index (κ1) is 32.6. The molecule has 0 saturated heterocycles. The van der Waals surface area contributed by atoms with Gasteiger partial charge in [0.1, 0.15) is 11.5 Å². The van der Waals surface area contributed by atoms with E-state index in [1.807, 2.05) is 79.7 Å². The van der Waals surface area contributed by atoms with Crippen LogP contribution >= 0.6 is 0 Å². The van der Waals surface area contributed by atoms with Gasteiger partial charge in [0.25, 0.3) is 0 Å². The van der Waals surface area contributed by atoms with E-state index in [4.69, 9.17) is 14.2 Å². The van der Waals surface area contributed by atoms with E-state index in [-0.39, 0.29) is 0 Å². The Balaban J connectivity index is 0.000000139. The van der Waals surface area contributed by atoms with Crippen LogP contribution in [-0.4, -0.2) is 6.79 Å². The molecular weight excluding hydrogens is 552 g/mol. The van der Waals surface area contributed by atoms with Crippen molar-refractivity contribution in [1.29, 1.82) is 0 Å². The summed E-state index contributed by atoms with van der Waals surface area (Å²) in [4.78, 5) is 0. The van der Waals surface area contributed by atoms with Crippen molar-refractivity contribution in [1.82, 2.24) is 0 Å². The molecule has 7 rings (SSSR count). The van der Waals surface area contributed by atoms with E-state index in [0.717, 1.165) is 23.0 Å². The molecule has 0 N–H and O–H groups in total. The number of hydrogen-bond donors (Lipinski definition) is 0. The molecule has 0 aromatic heterocycles. The summed E-state index contributed by atoms with van der Waals surface area (Å²) in [7, 11) is 0. The molecule has 0 aliphatic carbocycles. The van der Waals surface area contributed by atoms with Crippen molar-refractivity contribution in [3.63, 3.8) is 0 Å². The molecule has 1 aliphatic rings. The normalized spacial score (nSPS) is 10.6. The van der Waals surface area contributed by atoms with Crippen LogP contribution in [0.5, 0.6) is 23.0 Å². The van der Waals surface area contributed by atoms with E-state index in [2.05, 4.69) is 107 Å². The molecule has 1 heterocycles. The van der Waals surface area contributed by atoms with Crippen molar-refractivity contribution < 1.29 is 14.2 Å². The molecule has 228 valence electrons. The van der Waals surface area contributed by atoms with Crippen molar-refractivity contribution in [3.05, 3.63) is 179 Å². The quantitative estimate of drug-likeness (QED) is 0.204. The third kappa shape index (κ3) is 11.1. The van der Waals surface area contributed by atoms with Crippen LogP contribution < -0.4 is 14.2 Å². The number of rotatable bonds is 3. The standard InChI is InChI=1S/C13H12O.C13H12.C8H8O2.C8H10/c1-11-6-5-9-13(10-11)14-12-7-3-2-4-8-12;1-11-7-5-6-10-13(11)12-8-3-2-4-9-12;1-6-2-3-7-8(4-6)10-5-9-7;1-7-4-3-5-8(2)6-7/h2-10H,1H3;2-10H,1H3;2-4H,5H2,1H3;3-6H,1-2H3. The van der Waals surface area contributed by atoms with Gasteiger partial charge in [0.15, 0.2) is 11.5 Å². The fourth-order valence-electron chi connectivity index (χ4n) is 4.63. The van der Waals surface area contributed by atoms with Crippen LogP contribution in [0.2, 0.25) is 0 Å². The van der Waals surface area contributed by atoms with Gasteiger partial charge in [-0.2, -0.15) is 0 Å². The van der Waals surface area contributed by atoms with Crippen molar-refractivity contribution in [2.75, 3.05) is 6.79 Å². The fourth-order valence-corrected chi connectivity index (χ4v) is 4.63. The van der Waals surface area contributed by atoms with Gasteiger partial charge in [-0.3, -0.25) is 0 Å². The molecule has 0 bridgehead atoms. The summed E-state index contributed by atoms with van der Waals surface area (Å²) in [5.74, 6) is 3.47. The van der Waals surface area contributed by atoms with E-state index in [1.54, 1.807) is 0 Å². The second-order valence-corrected chi connectivity index (χ2v) is 10.9.